The second kappa shape index (κ2) is 7.83. The van der Waals surface area contributed by atoms with Crippen LogP contribution in [-0.4, -0.2) is 30.7 Å². The largest absolute Gasteiger partial charge is 0.487 e. The highest BCUT2D eigenvalue weighted by atomic mass is 16.6. The first kappa shape index (κ1) is 15.6. The Morgan fingerprint density at radius 3 is 2.71 bits per heavy atom. The van der Waals surface area contributed by atoms with E-state index in [1.165, 1.54) is 12.8 Å². The quantitative estimate of drug-likeness (QED) is 0.618. The van der Waals surface area contributed by atoms with Crippen LogP contribution < -0.4 is 14.8 Å². The van der Waals surface area contributed by atoms with Gasteiger partial charge in [-0.15, -0.1) is 0 Å². The third-order valence-electron chi connectivity index (χ3n) is 3.46. The molecule has 1 heterocycles. The maximum absolute atomic E-state index is 11.3. The number of nitrogens with one attached hydrogen (secondary N) is 1. The van der Waals surface area contributed by atoms with Crippen molar-refractivity contribution in [2.75, 3.05) is 19.8 Å². The molecule has 116 valence electrons. The Kier molecular flexibility index (Phi) is 5.80. The summed E-state index contributed by atoms with van der Waals surface area (Å²) in [6.45, 7) is 3.84. The van der Waals surface area contributed by atoms with E-state index < -0.39 is 4.92 Å². The number of ether oxygens (including phenoxy) is 2. The minimum Gasteiger partial charge on any atom is -0.487 e. The van der Waals surface area contributed by atoms with E-state index >= 15 is 0 Å². The molecular weight excluding hydrogens is 272 g/mol. The molecule has 1 atom stereocenters. The molecule has 1 aliphatic heterocycles. The number of benzene rings is 1. The lowest BCUT2D eigenvalue weighted by Gasteiger charge is -2.23. The smallest absolute Gasteiger partial charge is 0.352 e. The van der Waals surface area contributed by atoms with Crippen molar-refractivity contribution in [3.8, 4) is 11.5 Å². The van der Waals surface area contributed by atoms with Gasteiger partial charge in [0.05, 0.1) is 11.5 Å². The van der Waals surface area contributed by atoms with Crippen LogP contribution in [0.5, 0.6) is 11.5 Å². The zero-order valence-electron chi connectivity index (χ0n) is 12.3. The van der Waals surface area contributed by atoms with Crippen LogP contribution in [0, 0.1) is 10.1 Å². The van der Waals surface area contributed by atoms with Crippen LogP contribution in [0.1, 0.15) is 32.6 Å². The highest BCUT2D eigenvalue weighted by Gasteiger charge is 2.23. The van der Waals surface area contributed by atoms with E-state index in [4.69, 9.17) is 9.47 Å². The Bertz CT molecular complexity index is 473. The summed E-state index contributed by atoms with van der Waals surface area (Å²) in [7, 11) is 0. The minimum absolute atomic E-state index is 0.0817. The SMILES string of the molecule is CCCOc1cccc(OCC2CCCCN2)c1[N+](=O)[O-]. The minimum atomic E-state index is -0.436. The molecule has 0 aromatic heterocycles. The highest BCUT2D eigenvalue weighted by Crippen LogP contribution is 2.36. The second-order valence-electron chi connectivity index (χ2n) is 5.17. The van der Waals surface area contributed by atoms with Crippen LogP contribution in [0.15, 0.2) is 18.2 Å². The molecule has 0 bridgehead atoms. The maximum atomic E-state index is 11.3. The molecule has 0 radical (unpaired) electrons. The molecule has 0 aliphatic carbocycles. The number of para-hydroxylation sites is 1. The van der Waals surface area contributed by atoms with Gasteiger partial charge in [-0.2, -0.15) is 0 Å². The molecule has 1 saturated heterocycles. The van der Waals surface area contributed by atoms with E-state index in [0.29, 0.717) is 13.2 Å². The lowest BCUT2D eigenvalue weighted by atomic mass is 10.1. The number of piperidine rings is 1. The molecule has 6 nitrogen and oxygen atoms in total. The van der Waals surface area contributed by atoms with E-state index in [2.05, 4.69) is 5.32 Å². The van der Waals surface area contributed by atoms with Crippen molar-refractivity contribution in [1.82, 2.24) is 5.32 Å². The highest BCUT2D eigenvalue weighted by molar-refractivity contribution is 5.57. The molecule has 1 fully saturated rings. The van der Waals surface area contributed by atoms with Crippen LogP contribution >= 0.6 is 0 Å². The van der Waals surface area contributed by atoms with Crippen LogP contribution in [0.4, 0.5) is 5.69 Å². The molecule has 0 amide bonds. The summed E-state index contributed by atoms with van der Waals surface area (Å²) in [5.74, 6) is 0.553. The van der Waals surface area contributed by atoms with Gasteiger partial charge in [0.1, 0.15) is 6.61 Å². The van der Waals surface area contributed by atoms with Crippen LogP contribution in [-0.2, 0) is 0 Å². The predicted molar refractivity (Wildman–Crippen MR) is 80.0 cm³/mol. The van der Waals surface area contributed by atoms with Crippen LogP contribution in [0.3, 0.4) is 0 Å². The van der Waals surface area contributed by atoms with Crippen LogP contribution in [0.25, 0.3) is 0 Å². The Morgan fingerprint density at radius 2 is 2.10 bits per heavy atom. The van der Waals surface area contributed by atoms with Gasteiger partial charge in [0.15, 0.2) is 0 Å². The number of hydrogen-bond acceptors (Lipinski definition) is 5. The maximum Gasteiger partial charge on any atom is 0.352 e. The zero-order chi connectivity index (χ0) is 15.1. The van der Waals surface area contributed by atoms with Gasteiger partial charge >= 0.3 is 5.69 Å². The number of rotatable bonds is 7. The lowest BCUT2D eigenvalue weighted by Crippen LogP contribution is -2.38. The normalized spacial score (nSPS) is 18.2. The molecule has 21 heavy (non-hydrogen) atoms. The summed E-state index contributed by atoms with van der Waals surface area (Å²) in [4.78, 5) is 10.9. The van der Waals surface area contributed by atoms with Crippen molar-refractivity contribution in [2.24, 2.45) is 0 Å². The monoisotopic (exact) mass is 294 g/mol. The summed E-state index contributed by atoms with van der Waals surface area (Å²) in [5.41, 5.74) is -0.0817. The van der Waals surface area contributed by atoms with Gasteiger partial charge in [0, 0.05) is 6.04 Å². The summed E-state index contributed by atoms with van der Waals surface area (Å²) in [6, 6.07) is 5.22. The van der Waals surface area contributed by atoms with E-state index in [1.54, 1.807) is 18.2 Å². The van der Waals surface area contributed by atoms with Crippen molar-refractivity contribution in [2.45, 2.75) is 38.6 Å². The molecule has 1 aromatic rings. The molecule has 0 saturated carbocycles. The Balaban J connectivity index is 2.07. The van der Waals surface area contributed by atoms with Crippen molar-refractivity contribution in [3.63, 3.8) is 0 Å². The third kappa shape index (κ3) is 4.32. The zero-order valence-corrected chi connectivity index (χ0v) is 12.3. The fourth-order valence-corrected chi connectivity index (χ4v) is 2.38. The van der Waals surface area contributed by atoms with Crippen molar-refractivity contribution >= 4 is 5.69 Å². The van der Waals surface area contributed by atoms with E-state index in [0.717, 1.165) is 19.4 Å². The van der Waals surface area contributed by atoms with Gasteiger partial charge in [0.2, 0.25) is 11.5 Å². The van der Waals surface area contributed by atoms with Gasteiger partial charge < -0.3 is 14.8 Å². The Morgan fingerprint density at radius 1 is 1.33 bits per heavy atom. The fraction of sp³-hybridized carbons (Fsp3) is 0.600. The van der Waals surface area contributed by atoms with E-state index in [9.17, 15) is 10.1 Å². The van der Waals surface area contributed by atoms with Gasteiger partial charge in [-0.3, -0.25) is 10.1 Å². The Labute approximate surface area is 124 Å². The van der Waals surface area contributed by atoms with E-state index in [1.807, 2.05) is 6.92 Å². The first-order chi connectivity index (χ1) is 10.2. The van der Waals surface area contributed by atoms with Crippen LogP contribution in [0.2, 0.25) is 0 Å². The molecule has 1 N–H and O–H groups in total. The topological polar surface area (TPSA) is 73.6 Å². The van der Waals surface area contributed by atoms with E-state index in [-0.39, 0.29) is 23.2 Å². The average Bonchev–Trinajstić information content (AvgIpc) is 2.51. The second-order valence-corrected chi connectivity index (χ2v) is 5.17. The summed E-state index contributed by atoms with van der Waals surface area (Å²) in [5, 5.41) is 14.6. The molecule has 1 aliphatic rings. The van der Waals surface area contributed by atoms with Crippen molar-refractivity contribution in [1.29, 1.82) is 0 Å². The number of nitro benzene ring substituents is 1. The molecule has 1 unspecified atom stereocenters. The van der Waals surface area contributed by atoms with Crippen molar-refractivity contribution < 1.29 is 14.4 Å². The molecule has 6 heteroatoms. The van der Waals surface area contributed by atoms with Gasteiger partial charge in [-0.25, -0.2) is 0 Å². The standard InChI is InChI=1S/C15H22N2O4/c1-2-10-20-13-7-5-8-14(15(13)17(18)19)21-11-12-6-3-4-9-16-12/h5,7-8,12,16H,2-4,6,9-11H2,1H3. The summed E-state index contributed by atoms with van der Waals surface area (Å²) >= 11 is 0. The summed E-state index contributed by atoms with van der Waals surface area (Å²) in [6.07, 6.45) is 4.19. The van der Waals surface area contributed by atoms with Gasteiger partial charge in [-0.1, -0.05) is 19.4 Å². The van der Waals surface area contributed by atoms with Crippen molar-refractivity contribution in [3.05, 3.63) is 28.3 Å². The fourth-order valence-electron chi connectivity index (χ4n) is 2.38. The number of nitro groups is 1. The number of hydrogen-bond donors (Lipinski definition) is 1. The predicted octanol–water partition coefficient (Wildman–Crippen LogP) is 2.90. The number of nitrogens with zero attached hydrogens (tertiary/aromatic N) is 1. The third-order valence-corrected chi connectivity index (χ3v) is 3.46. The molecule has 2 rings (SSSR count). The van der Waals surface area contributed by atoms with Gasteiger partial charge in [-0.05, 0) is 37.9 Å². The Hall–Kier alpha value is -1.82. The van der Waals surface area contributed by atoms with Gasteiger partial charge in [0.25, 0.3) is 0 Å². The summed E-state index contributed by atoms with van der Waals surface area (Å²) < 4.78 is 11.1. The average molecular weight is 294 g/mol. The molecule has 0 spiro atoms. The first-order valence-corrected chi connectivity index (χ1v) is 7.48. The molecular formula is C15H22N2O4. The first-order valence-electron chi connectivity index (χ1n) is 7.48. The lowest BCUT2D eigenvalue weighted by molar-refractivity contribution is -0.386. The molecule has 1 aromatic carbocycles.